The fourth-order valence-electron chi connectivity index (χ4n) is 3.98. The second kappa shape index (κ2) is 8.64. The Hall–Kier alpha value is -3.23. The first-order chi connectivity index (χ1) is 14.6. The van der Waals surface area contributed by atoms with E-state index in [-0.39, 0.29) is 11.6 Å². The molecule has 0 radical (unpaired) electrons. The van der Waals surface area contributed by atoms with Gasteiger partial charge in [-0.25, -0.2) is 0 Å². The first-order valence-corrected chi connectivity index (χ1v) is 10.2. The number of aromatic nitrogens is 1. The second-order valence-corrected chi connectivity index (χ2v) is 7.42. The number of para-hydroxylation sites is 1. The van der Waals surface area contributed by atoms with Gasteiger partial charge in [0.05, 0.1) is 22.8 Å². The van der Waals surface area contributed by atoms with Crippen molar-refractivity contribution in [1.82, 2.24) is 15.2 Å². The molecule has 4 rings (SSSR count). The van der Waals surface area contributed by atoms with Crippen molar-refractivity contribution in [2.45, 2.75) is 19.9 Å². The predicted octanol–water partition coefficient (Wildman–Crippen LogP) is 3.56. The van der Waals surface area contributed by atoms with Crippen molar-refractivity contribution in [2.75, 3.05) is 31.1 Å². The van der Waals surface area contributed by atoms with Crippen molar-refractivity contribution in [3.8, 4) is 0 Å². The van der Waals surface area contributed by atoms with Crippen LogP contribution in [-0.4, -0.2) is 46.9 Å². The van der Waals surface area contributed by atoms with E-state index in [1.165, 1.54) is 12.1 Å². The van der Waals surface area contributed by atoms with E-state index < -0.39 is 4.92 Å². The highest BCUT2D eigenvalue weighted by molar-refractivity contribution is 6.10. The molecule has 1 aliphatic rings. The Morgan fingerprint density at radius 1 is 1.13 bits per heavy atom. The van der Waals surface area contributed by atoms with E-state index >= 15 is 0 Å². The smallest absolute Gasteiger partial charge is 0.269 e. The standard InChI is InChI=1S/C22H25N5O3/c1-2-23-12-5-13-25-14-20-22(18-6-3-4-7-19(18)24-20)26(21(28)15-25)16-8-10-17(11-9-16)27(29)30/h3-4,6-11,23-24H,2,5,12-15H2,1H3. The second-order valence-electron chi connectivity index (χ2n) is 7.42. The van der Waals surface area contributed by atoms with E-state index in [0.717, 1.165) is 48.3 Å². The Morgan fingerprint density at radius 2 is 1.90 bits per heavy atom. The fraction of sp³-hybridized carbons (Fsp3) is 0.318. The van der Waals surface area contributed by atoms with Gasteiger partial charge in [-0.15, -0.1) is 0 Å². The molecule has 0 aliphatic carbocycles. The van der Waals surface area contributed by atoms with Gasteiger partial charge in [-0.1, -0.05) is 25.1 Å². The first kappa shape index (κ1) is 20.1. The summed E-state index contributed by atoms with van der Waals surface area (Å²) in [6.45, 7) is 5.66. The number of H-pyrrole nitrogens is 1. The number of nitrogens with zero attached hydrogens (tertiary/aromatic N) is 3. The largest absolute Gasteiger partial charge is 0.356 e. The zero-order valence-corrected chi connectivity index (χ0v) is 16.9. The summed E-state index contributed by atoms with van der Waals surface area (Å²) in [6.07, 6.45) is 0.953. The van der Waals surface area contributed by atoms with Gasteiger partial charge < -0.3 is 10.3 Å². The van der Waals surface area contributed by atoms with Crippen molar-refractivity contribution < 1.29 is 9.72 Å². The summed E-state index contributed by atoms with van der Waals surface area (Å²) in [7, 11) is 0. The Kier molecular flexibility index (Phi) is 5.78. The van der Waals surface area contributed by atoms with Crippen molar-refractivity contribution in [1.29, 1.82) is 0 Å². The molecule has 2 heterocycles. The lowest BCUT2D eigenvalue weighted by atomic mass is 10.1. The lowest BCUT2D eigenvalue weighted by Crippen LogP contribution is -2.36. The van der Waals surface area contributed by atoms with Gasteiger partial charge in [-0.2, -0.15) is 0 Å². The third kappa shape index (κ3) is 3.92. The van der Waals surface area contributed by atoms with E-state index in [1.54, 1.807) is 17.0 Å². The molecule has 0 unspecified atom stereocenters. The highest BCUT2D eigenvalue weighted by atomic mass is 16.6. The molecule has 2 aromatic carbocycles. The number of carbonyl (C=O) groups excluding carboxylic acids is 1. The molecule has 8 heteroatoms. The molecule has 8 nitrogen and oxygen atoms in total. The number of hydrogen-bond donors (Lipinski definition) is 2. The van der Waals surface area contributed by atoms with Gasteiger partial charge in [-0.3, -0.25) is 24.7 Å². The molecule has 0 fully saturated rings. The summed E-state index contributed by atoms with van der Waals surface area (Å²) in [6, 6.07) is 14.1. The molecule has 0 saturated carbocycles. The summed E-state index contributed by atoms with van der Waals surface area (Å²) in [5.74, 6) is -0.0455. The molecular formula is C22H25N5O3. The van der Waals surface area contributed by atoms with Crippen molar-refractivity contribution in [3.63, 3.8) is 0 Å². The van der Waals surface area contributed by atoms with Crippen LogP contribution in [0.2, 0.25) is 0 Å². The molecule has 0 bridgehead atoms. The van der Waals surface area contributed by atoms with Crippen LogP contribution in [0.15, 0.2) is 48.5 Å². The summed E-state index contributed by atoms with van der Waals surface area (Å²) < 4.78 is 0. The molecule has 1 aliphatic heterocycles. The molecule has 1 aromatic heterocycles. The van der Waals surface area contributed by atoms with Crippen LogP contribution in [0.4, 0.5) is 17.1 Å². The van der Waals surface area contributed by atoms with Gasteiger partial charge >= 0.3 is 0 Å². The zero-order valence-electron chi connectivity index (χ0n) is 16.9. The number of fused-ring (bicyclic) bond motifs is 3. The highest BCUT2D eigenvalue weighted by Crippen LogP contribution is 2.38. The van der Waals surface area contributed by atoms with E-state index in [0.29, 0.717) is 18.8 Å². The van der Waals surface area contributed by atoms with Crippen LogP contribution in [0, 0.1) is 10.1 Å². The van der Waals surface area contributed by atoms with E-state index in [2.05, 4.69) is 22.1 Å². The molecule has 156 valence electrons. The van der Waals surface area contributed by atoms with Gasteiger partial charge in [-0.05, 0) is 37.7 Å². The number of nitro benzene ring substituents is 1. The fourth-order valence-corrected chi connectivity index (χ4v) is 3.98. The summed E-state index contributed by atoms with van der Waals surface area (Å²) in [5, 5.41) is 15.3. The maximum atomic E-state index is 13.4. The van der Waals surface area contributed by atoms with Crippen molar-refractivity contribution >= 4 is 33.9 Å². The Morgan fingerprint density at radius 3 is 2.63 bits per heavy atom. The minimum Gasteiger partial charge on any atom is -0.356 e. The van der Waals surface area contributed by atoms with E-state index in [9.17, 15) is 14.9 Å². The molecule has 2 N–H and O–H groups in total. The molecule has 30 heavy (non-hydrogen) atoms. The molecular weight excluding hydrogens is 382 g/mol. The average Bonchev–Trinajstić information content (AvgIpc) is 3.02. The SMILES string of the molecule is CCNCCCN1CC(=O)N(c2ccc([N+](=O)[O-])cc2)c2c([nH]c3ccccc23)C1. The number of amides is 1. The van der Waals surface area contributed by atoms with Gasteiger partial charge in [0.2, 0.25) is 5.91 Å². The molecule has 3 aromatic rings. The van der Waals surface area contributed by atoms with Crippen molar-refractivity contribution in [2.24, 2.45) is 0 Å². The van der Waals surface area contributed by atoms with Crippen LogP contribution in [-0.2, 0) is 11.3 Å². The van der Waals surface area contributed by atoms with Crippen molar-refractivity contribution in [3.05, 3.63) is 64.3 Å². The summed E-state index contributed by atoms with van der Waals surface area (Å²) in [4.78, 5) is 31.3. The Labute approximate surface area is 174 Å². The van der Waals surface area contributed by atoms with Crippen LogP contribution in [0.5, 0.6) is 0 Å². The normalized spacial score (nSPS) is 14.7. The van der Waals surface area contributed by atoms with E-state index in [4.69, 9.17) is 0 Å². The number of aromatic amines is 1. The number of nitro groups is 1. The Balaban J connectivity index is 1.73. The van der Waals surface area contributed by atoms with Gasteiger partial charge in [0, 0.05) is 41.8 Å². The minimum absolute atomic E-state index is 0.00483. The molecule has 0 saturated heterocycles. The quantitative estimate of drug-likeness (QED) is 0.355. The average molecular weight is 407 g/mol. The number of benzene rings is 2. The number of anilines is 2. The third-order valence-corrected chi connectivity index (χ3v) is 5.36. The summed E-state index contributed by atoms with van der Waals surface area (Å²) in [5.41, 5.74) is 3.41. The van der Waals surface area contributed by atoms with Gasteiger partial charge in [0.15, 0.2) is 0 Å². The summed E-state index contributed by atoms with van der Waals surface area (Å²) >= 11 is 0. The zero-order chi connectivity index (χ0) is 21.1. The molecule has 0 spiro atoms. The number of nitrogens with one attached hydrogen (secondary N) is 2. The third-order valence-electron chi connectivity index (χ3n) is 5.36. The molecule has 0 atom stereocenters. The predicted molar refractivity (Wildman–Crippen MR) is 117 cm³/mol. The van der Waals surface area contributed by atoms with Crippen LogP contribution in [0.3, 0.4) is 0 Å². The maximum Gasteiger partial charge on any atom is 0.269 e. The Bertz CT molecular complexity index is 1060. The minimum atomic E-state index is -0.433. The lowest BCUT2D eigenvalue weighted by molar-refractivity contribution is -0.384. The van der Waals surface area contributed by atoms with Crippen LogP contribution >= 0.6 is 0 Å². The van der Waals surface area contributed by atoms with Crippen LogP contribution in [0.25, 0.3) is 10.9 Å². The van der Waals surface area contributed by atoms with Gasteiger partial charge in [0.1, 0.15) is 0 Å². The highest BCUT2D eigenvalue weighted by Gasteiger charge is 2.30. The monoisotopic (exact) mass is 407 g/mol. The number of non-ortho nitro benzene ring substituents is 1. The maximum absolute atomic E-state index is 13.4. The van der Waals surface area contributed by atoms with Gasteiger partial charge in [0.25, 0.3) is 5.69 Å². The van der Waals surface area contributed by atoms with Crippen LogP contribution < -0.4 is 10.2 Å². The number of carbonyl (C=O) groups is 1. The lowest BCUT2D eigenvalue weighted by Gasteiger charge is -2.23. The number of rotatable bonds is 7. The molecule has 1 amide bonds. The van der Waals surface area contributed by atoms with Crippen LogP contribution in [0.1, 0.15) is 19.0 Å². The first-order valence-electron chi connectivity index (χ1n) is 10.2. The number of hydrogen-bond acceptors (Lipinski definition) is 5. The van der Waals surface area contributed by atoms with E-state index in [1.807, 2.05) is 24.3 Å². The topological polar surface area (TPSA) is 94.5 Å².